The highest BCUT2D eigenvalue weighted by Gasteiger charge is 2.44. The third kappa shape index (κ3) is 4.35. The van der Waals surface area contributed by atoms with Crippen LogP contribution in [0.15, 0.2) is 18.2 Å². The lowest BCUT2D eigenvalue weighted by Gasteiger charge is -2.40. The van der Waals surface area contributed by atoms with Gasteiger partial charge in [-0.25, -0.2) is 0 Å². The highest BCUT2D eigenvalue weighted by Crippen LogP contribution is 2.26. The molecule has 0 aromatic heterocycles. The van der Waals surface area contributed by atoms with Crippen molar-refractivity contribution in [1.29, 1.82) is 0 Å². The zero-order valence-electron chi connectivity index (χ0n) is 13.3. The summed E-state index contributed by atoms with van der Waals surface area (Å²) in [6, 6.07) is 4.32. The van der Waals surface area contributed by atoms with E-state index in [-0.39, 0.29) is 17.6 Å². The molecule has 1 unspecified atom stereocenters. The van der Waals surface area contributed by atoms with Crippen molar-refractivity contribution in [2.24, 2.45) is 0 Å². The van der Waals surface area contributed by atoms with Crippen LogP contribution in [0.5, 0.6) is 11.5 Å². The van der Waals surface area contributed by atoms with Crippen LogP contribution in [-0.4, -0.2) is 74.1 Å². The number of hydrogen-bond acceptors (Lipinski definition) is 8. The third-order valence-corrected chi connectivity index (χ3v) is 4.10. The van der Waals surface area contributed by atoms with Crippen LogP contribution in [0.1, 0.15) is 18.9 Å². The first-order valence-corrected chi connectivity index (χ1v) is 7.80. The Kier molecular flexibility index (Phi) is 6.39. The average Bonchev–Trinajstić information content (AvgIpc) is 2.54. The van der Waals surface area contributed by atoms with E-state index in [1.54, 1.807) is 13.0 Å². The molecule has 2 rings (SSSR count). The Morgan fingerprint density at radius 2 is 1.83 bits per heavy atom. The van der Waals surface area contributed by atoms with Crippen LogP contribution >= 0.6 is 0 Å². The molecule has 8 heteroatoms. The van der Waals surface area contributed by atoms with Crippen molar-refractivity contribution >= 4 is 0 Å². The van der Waals surface area contributed by atoms with E-state index in [4.69, 9.17) is 14.6 Å². The minimum atomic E-state index is -1.48. The first kappa shape index (κ1) is 18.9. The van der Waals surface area contributed by atoms with Gasteiger partial charge in [-0.05, 0) is 31.4 Å². The monoisotopic (exact) mass is 344 g/mol. The second-order valence-corrected chi connectivity index (χ2v) is 6.00. The summed E-state index contributed by atoms with van der Waals surface area (Å²) in [6.07, 6.45) is -5.97. The Morgan fingerprint density at radius 3 is 2.46 bits per heavy atom. The maximum Gasteiger partial charge on any atom is 0.186 e. The van der Waals surface area contributed by atoms with E-state index in [2.05, 4.69) is 0 Å². The van der Waals surface area contributed by atoms with Crippen molar-refractivity contribution in [3.8, 4) is 11.5 Å². The minimum absolute atomic E-state index is 0.0185. The van der Waals surface area contributed by atoms with Gasteiger partial charge in [-0.1, -0.05) is 6.07 Å². The first-order valence-electron chi connectivity index (χ1n) is 7.80. The molecule has 0 spiro atoms. The van der Waals surface area contributed by atoms with Crippen molar-refractivity contribution in [2.75, 3.05) is 6.61 Å². The summed E-state index contributed by atoms with van der Waals surface area (Å²) in [4.78, 5) is 0. The number of aromatic hydroxyl groups is 2. The highest BCUT2D eigenvalue weighted by atomic mass is 16.7. The molecule has 0 bridgehead atoms. The SMILES string of the molecule is CC(CCc1ccc(O)cc1O)O[C@@H]1O[C@H](CO)[C@@H](O)[C@H](O)[C@H]1O. The fourth-order valence-electron chi connectivity index (χ4n) is 2.60. The third-order valence-electron chi connectivity index (χ3n) is 4.10. The molecule has 1 saturated heterocycles. The van der Waals surface area contributed by atoms with E-state index < -0.39 is 37.3 Å². The fraction of sp³-hybridized carbons (Fsp3) is 0.625. The van der Waals surface area contributed by atoms with Crippen LogP contribution < -0.4 is 0 Å². The van der Waals surface area contributed by atoms with Gasteiger partial charge in [0.15, 0.2) is 6.29 Å². The maximum atomic E-state index is 9.92. The largest absolute Gasteiger partial charge is 0.508 e. The van der Waals surface area contributed by atoms with Gasteiger partial charge in [0, 0.05) is 6.07 Å². The molecule has 0 amide bonds. The van der Waals surface area contributed by atoms with Gasteiger partial charge in [0.05, 0.1) is 12.7 Å². The molecule has 0 radical (unpaired) electrons. The number of hydrogen-bond donors (Lipinski definition) is 6. The molecule has 1 fully saturated rings. The fourth-order valence-corrected chi connectivity index (χ4v) is 2.60. The molecular weight excluding hydrogens is 320 g/mol. The number of aryl methyl sites for hydroxylation is 1. The van der Waals surface area contributed by atoms with Crippen LogP contribution in [0.3, 0.4) is 0 Å². The van der Waals surface area contributed by atoms with E-state index in [0.717, 1.165) is 0 Å². The standard InChI is InChI=1S/C16H24O8/c1-8(2-3-9-4-5-10(18)6-11(9)19)23-16-15(22)14(21)13(20)12(7-17)24-16/h4-6,8,12-22H,2-3,7H2,1H3/t8?,12-,13-,14+,15-,16-/m1/s1. The number of phenols is 2. The molecule has 0 saturated carbocycles. The molecular formula is C16H24O8. The molecule has 136 valence electrons. The summed E-state index contributed by atoms with van der Waals surface area (Å²) in [5.74, 6) is -0.0445. The number of benzene rings is 1. The molecule has 1 aliphatic rings. The summed E-state index contributed by atoms with van der Waals surface area (Å²) >= 11 is 0. The zero-order chi connectivity index (χ0) is 17.9. The van der Waals surface area contributed by atoms with Gasteiger partial charge in [0.1, 0.15) is 35.9 Å². The van der Waals surface area contributed by atoms with E-state index in [1.807, 2.05) is 0 Å². The first-order chi connectivity index (χ1) is 11.3. The summed E-state index contributed by atoms with van der Waals surface area (Å²) in [6.45, 7) is 1.22. The lowest BCUT2D eigenvalue weighted by atomic mass is 9.99. The molecule has 24 heavy (non-hydrogen) atoms. The van der Waals surface area contributed by atoms with Gasteiger partial charge in [-0.2, -0.15) is 0 Å². The number of phenolic OH excluding ortho intramolecular Hbond substituents is 2. The Morgan fingerprint density at radius 1 is 1.12 bits per heavy atom. The summed E-state index contributed by atoms with van der Waals surface area (Å²) < 4.78 is 10.8. The van der Waals surface area contributed by atoms with Crippen LogP contribution in [0.2, 0.25) is 0 Å². The number of ether oxygens (including phenoxy) is 2. The minimum Gasteiger partial charge on any atom is -0.508 e. The average molecular weight is 344 g/mol. The molecule has 0 aliphatic carbocycles. The topological polar surface area (TPSA) is 140 Å². The quantitative estimate of drug-likeness (QED) is 0.396. The zero-order valence-corrected chi connectivity index (χ0v) is 13.3. The molecule has 6 atom stereocenters. The van der Waals surface area contributed by atoms with Crippen molar-refractivity contribution in [1.82, 2.24) is 0 Å². The van der Waals surface area contributed by atoms with Crippen molar-refractivity contribution in [3.63, 3.8) is 0 Å². The predicted molar refractivity (Wildman–Crippen MR) is 82.4 cm³/mol. The normalized spacial score (nSPS) is 31.8. The summed E-state index contributed by atoms with van der Waals surface area (Å²) in [5, 5.41) is 57.5. The Hall–Kier alpha value is -1.42. The van der Waals surface area contributed by atoms with Crippen LogP contribution in [0.4, 0.5) is 0 Å². The van der Waals surface area contributed by atoms with Crippen molar-refractivity contribution in [3.05, 3.63) is 23.8 Å². The molecule has 1 aromatic carbocycles. The molecule has 1 aromatic rings. The van der Waals surface area contributed by atoms with Gasteiger partial charge in [0.2, 0.25) is 0 Å². The second-order valence-electron chi connectivity index (χ2n) is 6.00. The maximum absolute atomic E-state index is 9.92. The van der Waals surface area contributed by atoms with Crippen LogP contribution in [-0.2, 0) is 15.9 Å². The molecule has 6 N–H and O–H groups in total. The number of aliphatic hydroxyl groups excluding tert-OH is 4. The van der Waals surface area contributed by atoms with Gasteiger partial charge in [-0.3, -0.25) is 0 Å². The second kappa shape index (κ2) is 8.11. The smallest absolute Gasteiger partial charge is 0.186 e. The highest BCUT2D eigenvalue weighted by molar-refractivity contribution is 5.38. The summed E-state index contributed by atoms with van der Waals surface area (Å²) in [7, 11) is 0. The van der Waals surface area contributed by atoms with E-state index in [9.17, 15) is 25.5 Å². The lowest BCUT2D eigenvalue weighted by molar-refractivity contribution is -0.310. The number of aliphatic hydroxyl groups is 4. The van der Waals surface area contributed by atoms with Crippen LogP contribution in [0.25, 0.3) is 0 Å². The Balaban J connectivity index is 1.90. The van der Waals surface area contributed by atoms with Gasteiger partial charge in [0.25, 0.3) is 0 Å². The summed E-state index contributed by atoms with van der Waals surface area (Å²) in [5.41, 5.74) is 0.636. The number of rotatable bonds is 6. The molecule has 8 nitrogen and oxygen atoms in total. The van der Waals surface area contributed by atoms with Gasteiger partial charge in [-0.15, -0.1) is 0 Å². The molecule has 1 heterocycles. The molecule has 1 aliphatic heterocycles. The van der Waals surface area contributed by atoms with E-state index in [1.165, 1.54) is 12.1 Å². The van der Waals surface area contributed by atoms with E-state index >= 15 is 0 Å². The van der Waals surface area contributed by atoms with Gasteiger partial charge >= 0.3 is 0 Å². The Labute approximate surface area is 139 Å². The Bertz CT molecular complexity index is 535. The van der Waals surface area contributed by atoms with Crippen molar-refractivity contribution in [2.45, 2.75) is 56.6 Å². The van der Waals surface area contributed by atoms with Gasteiger partial charge < -0.3 is 40.1 Å². The predicted octanol–water partition coefficient (Wildman–Crippen LogP) is -0.765. The van der Waals surface area contributed by atoms with Crippen molar-refractivity contribution < 1.29 is 40.1 Å². The van der Waals surface area contributed by atoms with E-state index in [0.29, 0.717) is 18.4 Å². The van der Waals surface area contributed by atoms with Crippen LogP contribution in [0, 0.1) is 0 Å². The lowest BCUT2D eigenvalue weighted by Crippen LogP contribution is -2.59.